The van der Waals surface area contributed by atoms with Gasteiger partial charge in [0.05, 0.1) is 6.54 Å². The Hall–Kier alpha value is -1.20. The van der Waals surface area contributed by atoms with E-state index in [4.69, 9.17) is 11.6 Å². The fraction of sp³-hybridized carbons (Fsp3) is 0.545. The molecule has 0 atom stereocenters. The van der Waals surface area contributed by atoms with Crippen molar-refractivity contribution in [2.24, 2.45) is 0 Å². The normalized spacial score (nSPS) is 15.1. The van der Waals surface area contributed by atoms with E-state index in [9.17, 15) is 4.79 Å². The molecule has 92 valence electrons. The van der Waals surface area contributed by atoms with Crippen molar-refractivity contribution < 1.29 is 4.79 Å². The zero-order chi connectivity index (χ0) is 12.4. The van der Waals surface area contributed by atoms with Gasteiger partial charge < -0.3 is 10.2 Å². The van der Waals surface area contributed by atoms with Crippen molar-refractivity contribution in [1.29, 1.82) is 0 Å². The Balaban J connectivity index is 2.06. The van der Waals surface area contributed by atoms with E-state index < -0.39 is 0 Å². The van der Waals surface area contributed by atoms with Gasteiger partial charge in [0.25, 0.3) is 0 Å². The molecule has 1 fully saturated rings. The van der Waals surface area contributed by atoms with Crippen molar-refractivity contribution in [3.05, 3.63) is 16.8 Å². The number of nitrogens with one attached hydrogen (secondary N) is 1. The molecule has 2 rings (SSSR count). The Morgan fingerprint density at radius 1 is 1.53 bits per heavy atom. The third-order valence-electron chi connectivity index (χ3n) is 2.52. The van der Waals surface area contributed by atoms with Gasteiger partial charge in [-0.25, -0.2) is 0 Å². The molecule has 0 saturated heterocycles. The molecule has 1 aliphatic rings. The Labute approximate surface area is 105 Å². The van der Waals surface area contributed by atoms with Crippen LogP contribution in [-0.4, -0.2) is 41.6 Å². The second-order valence-corrected chi connectivity index (χ2v) is 4.89. The van der Waals surface area contributed by atoms with E-state index >= 15 is 0 Å². The molecule has 0 bridgehead atoms. The number of halogens is 1. The average Bonchev–Trinajstić information content (AvgIpc) is 3.03. The molecule has 1 heterocycles. The van der Waals surface area contributed by atoms with E-state index in [1.54, 1.807) is 4.90 Å². The van der Waals surface area contributed by atoms with Crippen LogP contribution in [0.4, 0.5) is 5.82 Å². The summed E-state index contributed by atoms with van der Waals surface area (Å²) in [5.41, 5.74) is 0.988. The summed E-state index contributed by atoms with van der Waals surface area (Å²) < 4.78 is 0. The number of rotatable bonds is 4. The molecule has 1 saturated carbocycles. The van der Waals surface area contributed by atoms with Gasteiger partial charge in [0.1, 0.15) is 0 Å². The van der Waals surface area contributed by atoms with Gasteiger partial charge in [0.15, 0.2) is 11.0 Å². The Morgan fingerprint density at radius 2 is 2.24 bits per heavy atom. The number of anilines is 1. The fourth-order valence-corrected chi connectivity index (χ4v) is 1.85. The summed E-state index contributed by atoms with van der Waals surface area (Å²) in [5, 5.41) is 10.9. The first kappa shape index (κ1) is 12.3. The predicted molar refractivity (Wildman–Crippen MR) is 66.2 cm³/mol. The highest BCUT2D eigenvalue weighted by Crippen LogP contribution is 2.42. The van der Waals surface area contributed by atoms with Crippen molar-refractivity contribution in [3.63, 3.8) is 0 Å². The maximum Gasteiger partial charge on any atom is 0.239 e. The first-order valence-electron chi connectivity index (χ1n) is 5.54. The zero-order valence-corrected chi connectivity index (χ0v) is 10.7. The van der Waals surface area contributed by atoms with Gasteiger partial charge in [-0.2, -0.15) is 0 Å². The van der Waals surface area contributed by atoms with E-state index in [1.165, 1.54) is 0 Å². The largest absolute Gasteiger partial charge is 0.308 e. The molecule has 0 aromatic carbocycles. The third-order valence-corrected chi connectivity index (χ3v) is 2.81. The van der Waals surface area contributed by atoms with Gasteiger partial charge in [0.2, 0.25) is 5.91 Å². The second kappa shape index (κ2) is 4.98. The van der Waals surface area contributed by atoms with Gasteiger partial charge in [-0.3, -0.25) is 4.79 Å². The molecule has 1 amide bonds. The van der Waals surface area contributed by atoms with Gasteiger partial charge in [-0.1, -0.05) is 11.6 Å². The molecule has 0 radical (unpaired) electrons. The molecular weight excluding hydrogens is 240 g/mol. The topological polar surface area (TPSA) is 58.1 Å². The summed E-state index contributed by atoms with van der Waals surface area (Å²) in [6.45, 7) is 0.322. The molecule has 5 nitrogen and oxygen atoms in total. The smallest absolute Gasteiger partial charge is 0.239 e. The number of carbonyl (C=O) groups excluding carboxylic acids is 1. The third kappa shape index (κ3) is 3.38. The molecular formula is C11H15ClN4O. The van der Waals surface area contributed by atoms with Gasteiger partial charge >= 0.3 is 0 Å². The number of hydrogen-bond donors (Lipinski definition) is 1. The average molecular weight is 255 g/mol. The number of aromatic nitrogens is 2. The van der Waals surface area contributed by atoms with Crippen LogP contribution in [0.15, 0.2) is 6.07 Å². The lowest BCUT2D eigenvalue weighted by Gasteiger charge is -2.10. The Kier molecular flexibility index (Phi) is 3.59. The number of likely N-dealkylation sites (N-methyl/N-ethyl adjacent to an activating group) is 1. The summed E-state index contributed by atoms with van der Waals surface area (Å²) in [6.07, 6.45) is 2.27. The molecule has 0 aliphatic heterocycles. The van der Waals surface area contributed by atoms with Crippen molar-refractivity contribution in [2.45, 2.75) is 18.8 Å². The minimum Gasteiger partial charge on any atom is -0.308 e. The zero-order valence-electron chi connectivity index (χ0n) is 9.90. The highest BCUT2D eigenvalue weighted by Gasteiger charge is 2.27. The van der Waals surface area contributed by atoms with Crippen molar-refractivity contribution >= 4 is 23.3 Å². The Morgan fingerprint density at radius 3 is 2.82 bits per heavy atom. The van der Waals surface area contributed by atoms with Gasteiger partial charge in [-0.15, -0.1) is 10.2 Å². The molecule has 0 spiro atoms. The number of amides is 1. The van der Waals surface area contributed by atoms with Gasteiger partial charge in [-0.05, 0) is 44.5 Å². The lowest BCUT2D eigenvalue weighted by molar-refractivity contribution is -0.116. The van der Waals surface area contributed by atoms with Crippen LogP contribution >= 0.6 is 11.6 Å². The SMILES string of the molecule is CN(C)CC(=O)Nc1cc(C2CC2)c(Cl)nn1. The fourth-order valence-electron chi connectivity index (χ4n) is 1.60. The molecule has 1 aromatic rings. The molecule has 1 aliphatic carbocycles. The van der Waals surface area contributed by atoms with E-state index in [0.29, 0.717) is 23.4 Å². The van der Waals surface area contributed by atoms with E-state index in [0.717, 1.165) is 18.4 Å². The predicted octanol–water partition coefficient (Wildman–Crippen LogP) is 1.51. The van der Waals surface area contributed by atoms with E-state index in [2.05, 4.69) is 15.5 Å². The first-order chi connectivity index (χ1) is 8.06. The molecule has 17 heavy (non-hydrogen) atoms. The molecule has 1 aromatic heterocycles. The number of hydrogen-bond acceptors (Lipinski definition) is 4. The summed E-state index contributed by atoms with van der Waals surface area (Å²) >= 11 is 5.96. The van der Waals surface area contributed by atoms with Crippen LogP contribution in [0.1, 0.15) is 24.3 Å². The maximum absolute atomic E-state index is 11.6. The maximum atomic E-state index is 11.6. The van der Waals surface area contributed by atoms with Crippen molar-refractivity contribution in [1.82, 2.24) is 15.1 Å². The second-order valence-electron chi connectivity index (χ2n) is 4.54. The number of nitrogens with zero attached hydrogens (tertiary/aromatic N) is 3. The van der Waals surface area contributed by atoms with Crippen molar-refractivity contribution in [2.75, 3.05) is 26.0 Å². The van der Waals surface area contributed by atoms with Crippen molar-refractivity contribution in [3.8, 4) is 0 Å². The van der Waals surface area contributed by atoms with Crippen LogP contribution in [0.5, 0.6) is 0 Å². The summed E-state index contributed by atoms with van der Waals surface area (Å²) in [4.78, 5) is 13.3. The highest BCUT2D eigenvalue weighted by molar-refractivity contribution is 6.30. The van der Waals surface area contributed by atoms with Crippen LogP contribution in [0.25, 0.3) is 0 Å². The van der Waals surface area contributed by atoms with Crippen LogP contribution in [0, 0.1) is 0 Å². The summed E-state index contributed by atoms with van der Waals surface area (Å²) in [6, 6.07) is 1.82. The Bertz CT molecular complexity index is 431. The minimum absolute atomic E-state index is 0.103. The summed E-state index contributed by atoms with van der Waals surface area (Å²) in [5.74, 6) is 0.860. The molecule has 0 unspecified atom stereocenters. The highest BCUT2D eigenvalue weighted by atomic mass is 35.5. The molecule has 1 N–H and O–H groups in total. The molecule has 6 heteroatoms. The lowest BCUT2D eigenvalue weighted by Crippen LogP contribution is -2.27. The van der Waals surface area contributed by atoms with E-state index in [1.807, 2.05) is 20.2 Å². The number of carbonyl (C=O) groups is 1. The van der Waals surface area contributed by atoms with Crippen LogP contribution < -0.4 is 5.32 Å². The first-order valence-corrected chi connectivity index (χ1v) is 5.92. The standard InChI is InChI=1S/C11H15ClN4O/c1-16(2)6-10(17)13-9-5-8(7-3-4-7)11(12)15-14-9/h5,7H,3-4,6H2,1-2H3,(H,13,14,17). The summed E-state index contributed by atoms with van der Waals surface area (Å²) in [7, 11) is 3.67. The monoisotopic (exact) mass is 254 g/mol. The van der Waals surface area contributed by atoms with Crippen LogP contribution in [-0.2, 0) is 4.79 Å². The van der Waals surface area contributed by atoms with Gasteiger partial charge in [0, 0.05) is 0 Å². The van der Waals surface area contributed by atoms with E-state index in [-0.39, 0.29) is 5.91 Å². The minimum atomic E-state index is -0.103. The lowest BCUT2D eigenvalue weighted by atomic mass is 10.2. The van der Waals surface area contributed by atoms with Crippen LogP contribution in [0.3, 0.4) is 0 Å². The van der Waals surface area contributed by atoms with Crippen LogP contribution in [0.2, 0.25) is 5.15 Å². The quantitative estimate of drug-likeness (QED) is 0.885.